The van der Waals surface area contributed by atoms with Gasteiger partial charge in [0.2, 0.25) is 0 Å². The molecule has 0 bridgehead atoms. The lowest BCUT2D eigenvalue weighted by Gasteiger charge is -2.05. The molecule has 0 fully saturated rings. The summed E-state index contributed by atoms with van der Waals surface area (Å²) in [5, 5.41) is 2.80. The van der Waals surface area contributed by atoms with E-state index in [-0.39, 0.29) is 5.91 Å². The van der Waals surface area contributed by atoms with Crippen LogP contribution >= 0.6 is 15.9 Å². The summed E-state index contributed by atoms with van der Waals surface area (Å²) in [7, 11) is 0. The lowest BCUT2D eigenvalue weighted by atomic mass is 10.1. The first-order chi connectivity index (χ1) is 8.16. The summed E-state index contributed by atoms with van der Waals surface area (Å²) in [6.07, 6.45) is 3.39. The number of aromatic amines is 1. The number of H-pyrrole nitrogens is 1. The SMILES string of the molecule is Cc1cc(C(=O)NCc2ncc[nH]2)ccc1Br. The van der Waals surface area contributed by atoms with E-state index in [1.807, 2.05) is 19.1 Å². The molecule has 2 aromatic rings. The van der Waals surface area contributed by atoms with Gasteiger partial charge in [-0.1, -0.05) is 15.9 Å². The van der Waals surface area contributed by atoms with Gasteiger partial charge in [0.25, 0.3) is 5.91 Å². The minimum Gasteiger partial charge on any atom is -0.347 e. The molecule has 0 radical (unpaired) electrons. The van der Waals surface area contributed by atoms with Crippen LogP contribution in [0.25, 0.3) is 0 Å². The number of imidazole rings is 1. The number of amides is 1. The van der Waals surface area contributed by atoms with Crippen molar-refractivity contribution in [3.63, 3.8) is 0 Å². The number of carbonyl (C=O) groups excluding carboxylic acids is 1. The number of rotatable bonds is 3. The number of halogens is 1. The van der Waals surface area contributed by atoms with Crippen molar-refractivity contribution in [3.05, 3.63) is 52.0 Å². The maximum atomic E-state index is 11.8. The highest BCUT2D eigenvalue weighted by Crippen LogP contribution is 2.16. The Morgan fingerprint density at radius 1 is 1.53 bits per heavy atom. The quantitative estimate of drug-likeness (QED) is 0.913. The van der Waals surface area contributed by atoms with Gasteiger partial charge in [0.1, 0.15) is 5.82 Å². The van der Waals surface area contributed by atoms with Gasteiger partial charge in [-0.25, -0.2) is 4.98 Å². The highest BCUT2D eigenvalue weighted by Gasteiger charge is 2.07. The molecular formula is C12H12BrN3O. The summed E-state index contributed by atoms with van der Waals surface area (Å²) in [5.74, 6) is 0.643. The Labute approximate surface area is 108 Å². The fourth-order valence-electron chi connectivity index (χ4n) is 1.45. The van der Waals surface area contributed by atoms with Crippen molar-refractivity contribution in [2.24, 2.45) is 0 Å². The Morgan fingerprint density at radius 2 is 2.35 bits per heavy atom. The molecule has 2 rings (SSSR count). The molecule has 0 aliphatic carbocycles. The molecule has 1 aromatic heterocycles. The number of nitrogens with zero attached hydrogens (tertiary/aromatic N) is 1. The third-order valence-corrected chi connectivity index (χ3v) is 3.28. The molecule has 1 aromatic carbocycles. The Bertz CT molecular complexity index is 523. The van der Waals surface area contributed by atoms with Crippen molar-refractivity contribution in [1.29, 1.82) is 0 Å². The lowest BCUT2D eigenvalue weighted by molar-refractivity contribution is 0.0950. The van der Waals surface area contributed by atoms with Crippen LogP contribution in [0.3, 0.4) is 0 Å². The van der Waals surface area contributed by atoms with Gasteiger partial charge in [-0.2, -0.15) is 0 Å². The molecule has 2 N–H and O–H groups in total. The van der Waals surface area contributed by atoms with Crippen LogP contribution < -0.4 is 5.32 Å². The normalized spacial score (nSPS) is 10.2. The molecule has 17 heavy (non-hydrogen) atoms. The van der Waals surface area contributed by atoms with Gasteiger partial charge in [0.15, 0.2) is 0 Å². The summed E-state index contributed by atoms with van der Waals surface area (Å²) in [6.45, 7) is 2.36. The second-order valence-electron chi connectivity index (χ2n) is 3.68. The van der Waals surface area contributed by atoms with E-state index in [0.29, 0.717) is 12.1 Å². The third kappa shape index (κ3) is 2.94. The minimum atomic E-state index is -0.1000. The van der Waals surface area contributed by atoms with Crippen LogP contribution in [-0.4, -0.2) is 15.9 Å². The molecule has 0 saturated carbocycles. The fourth-order valence-corrected chi connectivity index (χ4v) is 1.69. The molecule has 0 spiro atoms. The predicted octanol–water partition coefficient (Wildman–Crippen LogP) is 2.41. The van der Waals surface area contributed by atoms with Crippen LogP contribution in [0.2, 0.25) is 0 Å². The zero-order valence-electron chi connectivity index (χ0n) is 9.33. The molecule has 5 heteroatoms. The standard InChI is InChI=1S/C12H12BrN3O/c1-8-6-9(2-3-10(8)13)12(17)16-7-11-14-4-5-15-11/h2-6H,7H2,1H3,(H,14,15)(H,16,17). The number of benzene rings is 1. The number of nitrogens with one attached hydrogen (secondary N) is 2. The molecule has 0 aliphatic heterocycles. The Hall–Kier alpha value is -1.62. The molecule has 4 nitrogen and oxygen atoms in total. The van der Waals surface area contributed by atoms with Crippen molar-refractivity contribution in [3.8, 4) is 0 Å². The first kappa shape index (κ1) is 11.9. The molecule has 0 atom stereocenters. The summed E-state index contributed by atoms with van der Waals surface area (Å²) < 4.78 is 1.00. The van der Waals surface area contributed by atoms with Crippen molar-refractivity contribution in [1.82, 2.24) is 15.3 Å². The van der Waals surface area contributed by atoms with Crippen molar-refractivity contribution < 1.29 is 4.79 Å². The second kappa shape index (κ2) is 5.14. The zero-order chi connectivity index (χ0) is 12.3. The van der Waals surface area contributed by atoms with E-state index in [1.165, 1.54) is 0 Å². The molecule has 88 valence electrons. The number of aromatic nitrogens is 2. The average molecular weight is 294 g/mol. The van der Waals surface area contributed by atoms with E-state index >= 15 is 0 Å². The van der Waals surface area contributed by atoms with Gasteiger partial charge < -0.3 is 10.3 Å². The maximum Gasteiger partial charge on any atom is 0.251 e. The van der Waals surface area contributed by atoms with E-state index in [1.54, 1.807) is 18.5 Å². The summed E-state index contributed by atoms with van der Waals surface area (Å²) in [6, 6.07) is 5.51. The maximum absolute atomic E-state index is 11.8. The average Bonchev–Trinajstić information content (AvgIpc) is 2.82. The monoisotopic (exact) mass is 293 g/mol. The summed E-state index contributed by atoms with van der Waals surface area (Å²) in [5.41, 5.74) is 1.69. The summed E-state index contributed by atoms with van der Waals surface area (Å²) in [4.78, 5) is 18.8. The highest BCUT2D eigenvalue weighted by molar-refractivity contribution is 9.10. The van der Waals surface area contributed by atoms with E-state index in [0.717, 1.165) is 15.9 Å². The van der Waals surface area contributed by atoms with Gasteiger partial charge in [0, 0.05) is 22.4 Å². The zero-order valence-corrected chi connectivity index (χ0v) is 10.9. The molecule has 0 unspecified atom stereocenters. The Morgan fingerprint density at radius 3 is 3.00 bits per heavy atom. The number of aryl methyl sites for hydroxylation is 1. The van der Waals surface area contributed by atoms with E-state index in [2.05, 4.69) is 31.2 Å². The Kier molecular flexibility index (Phi) is 3.58. The second-order valence-corrected chi connectivity index (χ2v) is 4.54. The molecule has 0 saturated heterocycles. The van der Waals surface area contributed by atoms with Crippen LogP contribution in [0, 0.1) is 6.92 Å². The lowest BCUT2D eigenvalue weighted by Crippen LogP contribution is -2.23. The van der Waals surface area contributed by atoms with Gasteiger partial charge >= 0.3 is 0 Å². The van der Waals surface area contributed by atoms with Gasteiger partial charge in [-0.15, -0.1) is 0 Å². The van der Waals surface area contributed by atoms with E-state index in [9.17, 15) is 4.79 Å². The predicted molar refractivity (Wildman–Crippen MR) is 68.6 cm³/mol. The third-order valence-electron chi connectivity index (χ3n) is 2.39. The van der Waals surface area contributed by atoms with Crippen LogP contribution in [-0.2, 0) is 6.54 Å². The van der Waals surface area contributed by atoms with Crippen molar-refractivity contribution >= 4 is 21.8 Å². The molecular weight excluding hydrogens is 282 g/mol. The number of hydrogen-bond donors (Lipinski definition) is 2. The van der Waals surface area contributed by atoms with Crippen LogP contribution in [0.4, 0.5) is 0 Å². The first-order valence-electron chi connectivity index (χ1n) is 5.19. The van der Waals surface area contributed by atoms with Gasteiger partial charge in [-0.3, -0.25) is 4.79 Å². The van der Waals surface area contributed by atoms with E-state index in [4.69, 9.17) is 0 Å². The highest BCUT2D eigenvalue weighted by atomic mass is 79.9. The van der Waals surface area contributed by atoms with Crippen molar-refractivity contribution in [2.45, 2.75) is 13.5 Å². The van der Waals surface area contributed by atoms with Gasteiger partial charge in [0.05, 0.1) is 6.54 Å². The summed E-state index contributed by atoms with van der Waals surface area (Å²) >= 11 is 3.40. The topological polar surface area (TPSA) is 57.8 Å². The molecule has 1 amide bonds. The number of hydrogen-bond acceptors (Lipinski definition) is 2. The van der Waals surface area contributed by atoms with Crippen LogP contribution in [0.1, 0.15) is 21.7 Å². The first-order valence-corrected chi connectivity index (χ1v) is 5.99. The smallest absolute Gasteiger partial charge is 0.251 e. The van der Waals surface area contributed by atoms with E-state index < -0.39 is 0 Å². The van der Waals surface area contributed by atoms with Crippen molar-refractivity contribution in [2.75, 3.05) is 0 Å². The van der Waals surface area contributed by atoms with Gasteiger partial charge in [-0.05, 0) is 30.7 Å². The van der Waals surface area contributed by atoms with Crippen LogP contribution in [0.15, 0.2) is 35.1 Å². The molecule has 0 aliphatic rings. The minimum absolute atomic E-state index is 0.1000. The fraction of sp³-hybridized carbons (Fsp3) is 0.167. The number of carbonyl (C=O) groups is 1. The largest absolute Gasteiger partial charge is 0.347 e. The molecule has 1 heterocycles. The Balaban J connectivity index is 2.02. The van der Waals surface area contributed by atoms with Crippen LogP contribution in [0.5, 0.6) is 0 Å².